The number of ether oxygens (including phenoxy) is 1. The highest BCUT2D eigenvalue weighted by Gasteiger charge is 2.27. The first kappa shape index (κ1) is 22.8. The first-order valence-electron chi connectivity index (χ1n) is 13.3. The topological polar surface area (TPSA) is 64.9 Å². The summed E-state index contributed by atoms with van der Waals surface area (Å²) in [6.07, 6.45) is 14.1. The summed E-state index contributed by atoms with van der Waals surface area (Å²) in [5.41, 5.74) is 6.54. The van der Waals surface area contributed by atoms with Gasteiger partial charge in [-0.05, 0) is 85.2 Å². The second kappa shape index (κ2) is 10.5. The number of rotatable bonds is 9. The van der Waals surface area contributed by atoms with Gasteiger partial charge in [-0.15, -0.1) is 5.10 Å². The summed E-state index contributed by atoms with van der Waals surface area (Å²) < 4.78 is 7.94. The predicted octanol–water partition coefficient (Wildman–Crippen LogP) is 6.99. The molecule has 36 heavy (non-hydrogen) atoms. The van der Waals surface area contributed by atoms with E-state index in [9.17, 15) is 0 Å². The lowest BCUT2D eigenvalue weighted by Crippen LogP contribution is -2.09. The van der Waals surface area contributed by atoms with Gasteiger partial charge in [0.25, 0.3) is 0 Å². The molecule has 0 amide bonds. The second-order valence-electron chi connectivity index (χ2n) is 10.2. The van der Waals surface area contributed by atoms with Gasteiger partial charge in [-0.2, -0.15) is 0 Å². The van der Waals surface area contributed by atoms with Crippen LogP contribution in [-0.4, -0.2) is 20.0 Å². The van der Waals surface area contributed by atoms with Gasteiger partial charge in [0.05, 0.1) is 23.3 Å². The van der Waals surface area contributed by atoms with Crippen LogP contribution in [0.2, 0.25) is 0 Å². The van der Waals surface area contributed by atoms with Gasteiger partial charge >= 0.3 is 0 Å². The molecule has 0 saturated heterocycles. The molecule has 1 N–H and O–H groups in total. The van der Waals surface area contributed by atoms with Gasteiger partial charge in [0, 0.05) is 17.6 Å². The van der Waals surface area contributed by atoms with Gasteiger partial charge in [-0.1, -0.05) is 49.5 Å². The average molecular weight is 480 g/mol. The molecular formula is C30H33N5O. The Morgan fingerprint density at radius 3 is 2.64 bits per heavy atom. The third kappa shape index (κ3) is 5.59. The quantitative estimate of drug-likeness (QED) is 0.280. The lowest BCUT2D eigenvalue weighted by Gasteiger charge is -2.19. The zero-order chi connectivity index (χ0) is 24.2. The maximum atomic E-state index is 6.04. The molecule has 184 valence electrons. The molecule has 6 nitrogen and oxygen atoms in total. The second-order valence-corrected chi connectivity index (χ2v) is 10.2. The first-order valence-corrected chi connectivity index (χ1v) is 13.3. The summed E-state index contributed by atoms with van der Waals surface area (Å²) in [5.74, 6) is 2.23. The Labute approximate surface area is 212 Å². The van der Waals surface area contributed by atoms with Crippen LogP contribution in [0.3, 0.4) is 0 Å². The molecule has 0 aliphatic heterocycles. The Kier molecular flexibility index (Phi) is 6.66. The van der Waals surface area contributed by atoms with Crippen molar-refractivity contribution >= 4 is 11.4 Å². The van der Waals surface area contributed by atoms with Crippen molar-refractivity contribution in [1.29, 1.82) is 0 Å². The summed E-state index contributed by atoms with van der Waals surface area (Å²) >= 11 is 0. The highest BCUT2D eigenvalue weighted by atomic mass is 16.5. The molecule has 0 radical (unpaired) electrons. The van der Waals surface area contributed by atoms with Crippen molar-refractivity contribution in [1.82, 2.24) is 20.0 Å². The molecule has 0 unspecified atom stereocenters. The van der Waals surface area contributed by atoms with E-state index in [2.05, 4.69) is 63.2 Å². The number of hydrogen-bond acceptors (Lipinski definition) is 5. The number of nitrogens with one attached hydrogen (secondary N) is 1. The zero-order valence-electron chi connectivity index (χ0n) is 20.6. The smallest absolute Gasteiger partial charge is 0.130 e. The normalized spacial score (nSPS) is 16.1. The summed E-state index contributed by atoms with van der Waals surface area (Å²) in [4.78, 5) is 4.35. The lowest BCUT2D eigenvalue weighted by molar-refractivity contribution is 0.301. The molecule has 0 atom stereocenters. The highest BCUT2D eigenvalue weighted by molar-refractivity contribution is 5.67. The fourth-order valence-electron chi connectivity index (χ4n) is 5.20. The Balaban J connectivity index is 1.15. The van der Waals surface area contributed by atoms with Crippen molar-refractivity contribution in [2.45, 2.75) is 63.9 Å². The van der Waals surface area contributed by atoms with Crippen molar-refractivity contribution < 1.29 is 4.74 Å². The van der Waals surface area contributed by atoms with Crippen LogP contribution in [0.4, 0.5) is 11.4 Å². The van der Waals surface area contributed by atoms with Crippen LogP contribution < -0.4 is 10.1 Å². The SMILES string of the molecule is c1ccc(COc2ccc(Nc3cccc(-n4cc(CC5CCCCC5)nn4)c3)c(C3CC3)c2)nc1. The summed E-state index contributed by atoms with van der Waals surface area (Å²) in [5, 5.41) is 12.5. The minimum atomic E-state index is 0.473. The maximum Gasteiger partial charge on any atom is 0.130 e. The molecule has 4 aromatic rings. The van der Waals surface area contributed by atoms with Crippen molar-refractivity contribution in [2.75, 3.05) is 5.32 Å². The van der Waals surface area contributed by atoms with Crippen LogP contribution in [-0.2, 0) is 13.0 Å². The number of anilines is 2. The molecular weight excluding hydrogens is 446 g/mol. The van der Waals surface area contributed by atoms with E-state index in [1.807, 2.05) is 28.9 Å². The first-order chi connectivity index (χ1) is 17.8. The molecule has 2 aliphatic carbocycles. The fraction of sp³-hybridized carbons (Fsp3) is 0.367. The molecule has 6 rings (SSSR count). The summed E-state index contributed by atoms with van der Waals surface area (Å²) in [6, 6.07) is 20.6. The molecule has 0 spiro atoms. The molecule has 2 aromatic heterocycles. The van der Waals surface area contributed by atoms with Gasteiger partial charge in [0.15, 0.2) is 0 Å². The standard InChI is InChI=1S/C30H33N5O/c1-2-7-22(8-3-1)17-26-20-35(34-33-26)27-11-6-10-24(18-27)32-30-15-14-28(19-29(30)23-12-13-23)36-21-25-9-4-5-16-31-25/h4-6,9-11,14-16,18-20,22-23,32H,1-3,7-8,12-13,17,21H2. The number of aromatic nitrogens is 4. The Hall–Kier alpha value is -3.67. The van der Waals surface area contributed by atoms with E-state index in [-0.39, 0.29) is 0 Å². The number of hydrogen-bond donors (Lipinski definition) is 1. The summed E-state index contributed by atoms with van der Waals surface area (Å²) in [7, 11) is 0. The van der Waals surface area contributed by atoms with E-state index in [1.54, 1.807) is 6.20 Å². The molecule has 2 fully saturated rings. The molecule has 6 heteroatoms. The van der Waals surface area contributed by atoms with Gasteiger partial charge in [-0.3, -0.25) is 4.98 Å². The highest BCUT2D eigenvalue weighted by Crippen LogP contribution is 2.45. The van der Waals surface area contributed by atoms with Crippen LogP contribution in [0, 0.1) is 5.92 Å². The molecule has 0 bridgehead atoms. The monoisotopic (exact) mass is 479 g/mol. The van der Waals surface area contributed by atoms with Gasteiger partial charge in [0.2, 0.25) is 0 Å². The molecule has 2 aliphatic rings. The van der Waals surface area contributed by atoms with Crippen molar-refractivity contribution in [3.63, 3.8) is 0 Å². The third-order valence-corrected chi connectivity index (χ3v) is 7.31. The average Bonchev–Trinajstić information content (AvgIpc) is 3.67. The lowest BCUT2D eigenvalue weighted by atomic mass is 9.86. The van der Waals surface area contributed by atoms with E-state index in [4.69, 9.17) is 4.74 Å². The van der Waals surface area contributed by atoms with Gasteiger partial charge in [-0.25, -0.2) is 4.68 Å². The third-order valence-electron chi connectivity index (χ3n) is 7.31. The minimum Gasteiger partial charge on any atom is -0.487 e. The Morgan fingerprint density at radius 2 is 1.81 bits per heavy atom. The molecule has 2 aromatic carbocycles. The maximum absolute atomic E-state index is 6.04. The number of pyridine rings is 1. The largest absolute Gasteiger partial charge is 0.487 e. The zero-order valence-corrected chi connectivity index (χ0v) is 20.6. The Bertz CT molecular complexity index is 1290. The Morgan fingerprint density at radius 1 is 0.889 bits per heavy atom. The van der Waals surface area contributed by atoms with Crippen LogP contribution in [0.5, 0.6) is 5.75 Å². The van der Waals surface area contributed by atoms with Gasteiger partial charge < -0.3 is 10.1 Å². The van der Waals surface area contributed by atoms with E-state index >= 15 is 0 Å². The van der Waals surface area contributed by atoms with Crippen molar-refractivity contribution in [3.05, 3.63) is 90.0 Å². The van der Waals surface area contributed by atoms with Crippen LogP contribution in [0.25, 0.3) is 5.69 Å². The van der Waals surface area contributed by atoms with E-state index in [0.29, 0.717) is 12.5 Å². The van der Waals surface area contributed by atoms with Crippen LogP contribution in [0.1, 0.15) is 67.8 Å². The van der Waals surface area contributed by atoms with E-state index in [1.165, 1.54) is 50.5 Å². The molecule has 2 saturated carbocycles. The fourth-order valence-corrected chi connectivity index (χ4v) is 5.20. The predicted molar refractivity (Wildman–Crippen MR) is 142 cm³/mol. The van der Waals surface area contributed by atoms with Crippen molar-refractivity contribution in [2.24, 2.45) is 5.92 Å². The number of benzene rings is 2. The van der Waals surface area contributed by atoms with Crippen LogP contribution in [0.15, 0.2) is 73.1 Å². The van der Waals surface area contributed by atoms with Gasteiger partial charge in [0.1, 0.15) is 12.4 Å². The van der Waals surface area contributed by atoms with Crippen LogP contribution >= 0.6 is 0 Å². The van der Waals surface area contributed by atoms with E-state index in [0.717, 1.165) is 46.5 Å². The minimum absolute atomic E-state index is 0.473. The summed E-state index contributed by atoms with van der Waals surface area (Å²) in [6.45, 7) is 0.473. The molecule has 2 heterocycles. The van der Waals surface area contributed by atoms with E-state index < -0.39 is 0 Å². The number of nitrogens with zero attached hydrogens (tertiary/aromatic N) is 4. The van der Waals surface area contributed by atoms with Crippen molar-refractivity contribution in [3.8, 4) is 11.4 Å².